The van der Waals surface area contributed by atoms with Gasteiger partial charge in [-0.15, -0.1) is 0 Å². The lowest BCUT2D eigenvalue weighted by Crippen LogP contribution is -2.30. The molecule has 19 heavy (non-hydrogen) atoms. The number of carbonyl (C=O) groups is 1. The topological polar surface area (TPSA) is 72.5 Å². The second kappa shape index (κ2) is 6.70. The highest BCUT2D eigenvalue weighted by molar-refractivity contribution is 7.91. The zero-order valence-corrected chi connectivity index (χ0v) is 12.9. The van der Waals surface area contributed by atoms with E-state index in [1.54, 1.807) is 0 Å². The number of rotatable bonds is 9. The second-order valence-electron chi connectivity index (χ2n) is 5.59. The van der Waals surface area contributed by atoms with Gasteiger partial charge in [0, 0.05) is 6.04 Å². The minimum absolute atomic E-state index is 0.119. The molecule has 1 aliphatic carbocycles. The van der Waals surface area contributed by atoms with Gasteiger partial charge in [0.25, 0.3) is 0 Å². The van der Waals surface area contributed by atoms with E-state index >= 15 is 0 Å². The van der Waals surface area contributed by atoms with Gasteiger partial charge in [-0.05, 0) is 38.1 Å². The fourth-order valence-corrected chi connectivity index (χ4v) is 4.45. The third-order valence-corrected chi connectivity index (χ3v) is 5.55. The molecule has 0 aromatic heterocycles. The van der Waals surface area contributed by atoms with Crippen LogP contribution in [-0.2, 0) is 19.4 Å². The Morgan fingerprint density at radius 1 is 1.42 bits per heavy atom. The molecule has 6 heteroatoms. The molecule has 0 aromatic rings. The SMILES string of the molecule is CCNC(C)CCS(=O)(=O)CC1(CC(=O)OC)CC1. The summed E-state index contributed by atoms with van der Waals surface area (Å²) in [6, 6.07) is 0.204. The van der Waals surface area contributed by atoms with Crippen LogP contribution in [0.3, 0.4) is 0 Å². The first-order valence-electron chi connectivity index (χ1n) is 6.83. The van der Waals surface area contributed by atoms with E-state index in [1.165, 1.54) is 7.11 Å². The number of hydrogen-bond donors (Lipinski definition) is 1. The zero-order chi connectivity index (χ0) is 14.5. The summed E-state index contributed by atoms with van der Waals surface area (Å²) in [5.41, 5.74) is -0.340. The molecule has 0 saturated heterocycles. The van der Waals surface area contributed by atoms with Crippen molar-refractivity contribution in [3.05, 3.63) is 0 Å². The first kappa shape index (κ1) is 16.4. The molecule has 5 nitrogen and oxygen atoms in total. The van der Waals surface area contributed by atoms with Gasteiger partial charge in [-0.25, -0.2) is 8.42 Å². The Hall–Kier alpha value is -0.620. The summed E-state index contributed by atoms with van der Waals surface area (Å²) in [6.45, 7) is 4.83. The Morgan fingerprint density at radius 2 is 2.05 bits per heavy atom. The van der Waals surface area contributed by atoms with E-state index in [9.17, 15) is 13.2 Å². The maximum absolute atomic E-state index is 12.1. The van der Waals surface area contributed by atoms with E-state index in [0.717, 1.165) is 19.4 Å². The van der Waals surface area contributed by atoms with Crippen molar-refractivity contribution in [2.75, 3.05) is 25.2 Å². The van der Waals surface area contributed by atoms with Crippen LogP contribution in [0, 0.1) is 5.41 Å². The van der Waals surface area contributed by atoms with Gasteiger partial charge in [-0.1, -0.05) is 6.92 Å². The van der Waals surface area contributed by atoms with Crippen molar-refractivity contribution in [1.82, 2.24) is 5.32 Å². The molecule has 1 aliphatic rings. The molecule has 1 rings (SSSR count). The van der Waals surface area contributed by atoms with Crippen LogP contribution in [0.2, 0.25) is 0 Å². The molecular weight excluding hydrogens is 266 g/mol. The summed E-state index contributed by atoms with van der Waals surface area (Å²) in [7, 11) is -1.75. The van der Waals surface area contributed by atoms with Gasteiger partial charge in [0.2, 0.25) is 0 Å². The largest absolute Gasteiger partial charge is 0.469 e. The normalized spacial score (nSPS) is 18.9. The van der Waals surface area contributed by atoms with E-state index in [-0.39, 0.29) is 35.4 Å². The molecule has 112 valence electrons. The summed E-state index contributed by atoms with van der Waals surface area (Å²) < 4.78 is 28.8. The molecule has 0 heterocycles. The van der Waals surface area contributed by atoms with Crippen LogP contribution in [-0.4, -0.2) is 45.6 Å². The molecular formula is C13H25NO4S. The molecule has 0 aromatic carbocycles. The quantitative estimate of drug-likeness (QED) is 0.645. The van der Waals surface area contributed by atoms with Crippen LogP contribution >= 0.6 is 0 Å². The van der Waals surface area contributed by atoms with Crippen molar-refractivity contribution in [3.63, 3.8) is 0 Å². The number of methoxy groups -OCH3 is 1. The third kappa shape index (κ3) is 5.91. The van der Waals surface area contributed by atoms with Crippen molar-refractivity contribution < 1.29 is 17.9 Å². The Labute approximate surface area is 116 Å². The van der Waals surface area contributed by atoms with E-state index in [4.69, 9.17) is 0 Å². The fraction of sp³-hybridized carbons (Fsp3) is 0.923. The molecule has 1 N–H and O–H groups in total. The van der Waals surface area contributed by atoms with Crippen molar-refractivity contribution in [2.45, 2.75) is 45.6 Å². The predicted molar refractivity (Wildman–Crippen MR) is 74.7 cm³/mol. The molecule has 1 unspecified atom stereocenters. The number of hydrogen-bond acceptors (Lipinski definition) is 5. The lowest BCUT2D eigenvalue weighted by molar-refractivity contribution is -0.141. The van der Waals surface area contributed by atoms with E-state index in [2.05, 4.69) is 10.1 Å². The predicted octanol–water partition coefficient (Wildman–Crippen LogP) is 1.13. The zero-order valence-electron chi connectivity index (χ0n) is 12.1. The Morgan fingerprint density at radius 3 is 2.53 bits per heavy atom. The molecule has 0 radical (unpaired) electrons. The Bertz CT molecular complexity index is 401. The van der Waals surface area contributed by atoms with Gasteiger partial charge in [-0.2, -0.15) is 0 Å². The molecule has 1 fully saturated rings. The molecule has 1 atom stereocenters. The van der Waals surface area contributed by atoms with Crippen molar-refractivity contribution in [3.8, 4) is 0 Å². The standard InChI is InChI=1S/C13H25NO4S/c1-4-14-11(2)5-8-19(16,17)10-13(6-7-13)9-12(15)18-3/h11,14H,4-10H2,1-3H3. The molecule has 1 saturated carbocycles. The minimum atomic E-state index is -3.09. The van der Waals surface area contributed by atoms with Crippen molar-refractivity contribution >= 4 is 15.8 Å². The van der Waals surface area contributed by atoms with Crippen LogP contribution < -0.4 is 5.32 Å². The van der Waals surface area contributed by atoms with E-state index in [0.29, 0.717) is 6.42 Å². The van der Waals surface area contributed by atoms with Crippen molar-refractivity contribution in [2.24, 2.45) is 5.41 Å². The second-order valence-corrected chi connectivity index (χ2v) is 7.78. The fourth-order valence-electron chi connectivity index (χ4n) is 2.27. The highest BCUT2D eigenvalue weighted by atomic mass is 32.2. The molecule has 0 bridgehead atoms. The lowest BCUT2D eigenvalue weighted by Gasteiger charge is -2.16. The number of esters is 1. The number of nitrogens with one attached hydrogen (secondary N) is 1. The summed E-state index contributed by atoms with van der Waals surface area (Å²) in [5, 5.41) is 3.20. The summed E-state index contributed by atoms with van der Waals surface area (Å²) in [6.07, 6.45) is 2.46. The van der Waals surface area contributed by atoms with Gasteiger partial charge in [0.15, 0.2) is 9.84 Å². The summed E-state index contributed by atoms with van der Waals surface area (Å²) >= 11 is 0. The number of ether oxygens (including phenoxy) is 1. The highest BCUT2D eigenvalue weighted by Gasteiger charge is 2.47. The van der Waals surface area contributed by atoms with Crippen LogP contribution in [0.5, 0.6) is 0 Å². The monoisotopic (exact) mass is 291 g/mol. The molecule has 0 spiro atoms. The molecule has 0 amide bonds. The Balaban J connectivity index is 2.44. The van der Waals surface area contributed by atoms with E-state index < -0.39 is 9.84 Å². The van der Waals surface area contributed by atoms with Crippen LogP contribution in [0.25, 0.3) is 0 Å². The van der Waals surface area contributed by atoms with Gasteiger partial charge in [0.1, 0.15) is 0 Å². The van der Waals surface area contributed by atoms with Gasteiger partial charge >= 0.3 is 5.97 Å². The van der Waals surface area contributed by atoms with Gasteiger partial charge in [-0.3, -0.25) is 4.79 Å². The average Bonchev–Trinajstić information content (AvgIpc) is 3.05. The summed E-state index contributed by atoms with van der Waals surface area (Å²) in [5.74, 6) is -0.00777. The van der Waals surface area contributed by atoms with Crippen LogP contribution in [0.1, 0.15) is 39.5 Å². The van der Waals surface area contributed by atoms with Gasteiger partial charge < -0.3 is 10.1 Å². The minimum Gasteiger partial charge on any atom is -0.469 e. The maximum atomic E-state index is 12.1. The van der Waals surface area contributed by atoms with Crippen LogP contribution in [0.15, 0.2) is 0 Å². The van der Waals surface area contributed by atoms with Gasteiger partial charge in [0.05, 0.1) is 25.0 Å². The number of carbonyl (C=O) groups excluding carboxylic acids is 1. The van der Waals surface area contributed by atoms with Crippen LogP contribution in [0.4, 0.5) is 0 Å². The third-order valence-electron chi connectivity index (χ3n) is 3.64. The first-order valence-corrected chi connectivity index (χ1v) is 8.65. The smallest absolute Gasteiger partial charge is 0.306 e. The first-order chi connectivity index (χ1) is 8.82. The van der Waals surface area contributed by atoms with Crippen molar-refractivity contribution in [1.29, 1.82) is 0 Å². The average molecular weight is 291 g/mol. The van der Waals surface area contributed by atoms with E-state index in [1.807, 2.05) is 13.8 Å². The molecule has 0 aliphatic heterocycles. The number of sulfone groups is 1. The highest BCUT2D eigenvalue weighted by Crippen LogP contribution is 2.50. The Kier molecular flexibility index (Phi) is 5.80. The maximum Gasteiger partial charge on any atom is 0.306 e. The lowest BCUT2D eigenvalue weighted by atomic mass is 10.1. The summed E-state index contributed by atoms with van der Waals surface area (Å²) in [4.78, 5) is 11.3.